The molecule has 69 heavy (non-hydrogen) atoms. The lowest BCUT2D eigenvalue weighted by molar-refractivity contribution is -0.155. The molecule has 6 rings (SSSR count). The van der Waals surface area contributed by atoms with Gasteiger partial charge in [0.25, 0.3) is 5.91 Å². The molecule has 0 aliphatic carbocycles. The van der Waals surface area contributed by atoms with Crippen molar-refractivity contribution in [3.63, 3.8) is 0 Å². The number of aromatic nitrogens is 1. The number of fused-ring (bicyclic) bond motifs is 6. The van der Waals surface area contributed by atoms with Crippen LogP contribution in [-0.2, 0) is 52.8 Å². The quantitative estimate of drug-likeness (QED) is 0.0720. The second kappa shape index (κ2) is 22.0. The predicted octanol–water partition coefficient (Wildman–Crippen LogP) is 6.82. The number of rotatable bonds is 13. The molecule has 0 saturated carbocycles. The van der Waals surface area contributed by atoms with E-state index < -0.39 is 60.0 Å². The number of carbonyl (C=O) groups excluding carboxylic acids is 5. The molecule has 1 unspecified atom stereocenters. The zero-order valence-corrected chi connectivity index (χ0v) is 41.0. The molecule has 6 bridgehead atoms. The van der Waals surface area contributed by atoms with Crippen molar-refractivity contribution in [1.82, 2.24) is 30.1 Å². The third-order valence-corrected chi connectivity index (χ3v) is 13.2. The molecule has 3 aromatic rings. The van der Waals surface area contributed by atoms with E-state index in [0.717, 1.165) is 16.5 Å². The molecule has 372 valence electrons. The van der Waals surface area contributed by atoms with Gasteiger partial charge in [-0.2, -0.15) is 8.78 Å². The summed E-state index contributed by atoms with van der Waals surface area (Å²) < 4.78 is 40.5. The lowest BCUT2D eigenvalue weighted by Crippen LogP contribution is -2.62. The van der Waals surface area contributed by atoms with Gasteiger partial charge < -0.3 is 34.3 Å². The normalized spacial score (nSPS) is 21.2. The molecule has 3 N–H and O–H groups in total. The van der Waals surface area contributed by atoms with Crippen molar-refractivity contribution in [1.29, 1.82) is 0 Å². The molecule has 1 aromatic heterocycles. The third kappa shape index (κ3) is 11.6. The fourth-order valence-electron chi connectivity index (χ4n) is 9.99. The van der Waals surface area contributed by atoms with Gasteiger partial charge >= 0.3 is 12.6 Å². The summed E-state index contributed by atoms with van der Waals surface area (Å²) in [5.74, 6) is -3.23. The second-order valence-corrected chi connectivity index (χ2v) is 19.3. The standard InChI is InChI=1S/C52H67F2N7O8/c1-11-37(44(55-13-3)31(7)69-51(53)54)46-39-27-52(8,9)29-68-50(67)40-16-15-20-61(57-40)49(66)41(24-32-22-35(25-36(62)23-32)33-17-18-42(38(39)26-33)60(46)14-4)56-47(64)45(30(5)6)58(10)48(65)34-19-21-59(28-34)43(63)12-2/h11-13,17-18,22-23,25-26,30-31,34,40-41,45,51,57,62H,1-2,14-16,19-21,24,27-29H2,3-10H3,(H,56,64)/b44-37+,55-13-/t31-,34?,40-,41-,45-/m0/s1. The number of halogens is 2. The highest BCUT2D eigenvalue weighted by atomic mass is 19.3. The Kier molecular flexibility index (Phi) is 16.7. The topological polar surface area (TPSA) is 175 Å². The summed E-state index contributed by atoms with van der Waals surface area (Å²) in [7, 11) is 1.55. The number of hydrogen-bond acceptors (Lipinski definition) is 10. The van der Waals surface area contributed by atoms with Gasteiger partial charge in [-0.25, -0.2) is 5.43 Å². The van der Waals surface area contributed by atoms with E-state index in [2.05, 4.69) is 33.5 Å². The fourth-order valence-corrected chi connectivity index (χ4v) is 9.99. The van der Waals surface area contributed by atoms with Crippen molar-refractivity contribution in [2.75, 3.05) is 33.3 Å². The van der Waals surface area contributed by atoms with E-state index in [9.17, 15) is 37.9 Å². The second-order valence-electron chi connectivity index (χ2n) is 19.3. The highest BCUT2D eigenvalue weighted by molar-refractivity contribution is 5.96. The Morgan fingerprint density at radius 2 is 1.81 bits per heavy atom. The first kappa shape index (κ1) is 52.2. The lowest BCUT2D eigenvalue weighted by atomic mass is 9.84. The number of aliphatic imine (C=N–C) groups is 1. The Morgan fingerprint density at radius 1 is 1.07 bits per heavy atom. The molecular weight excluding hydrogens is 889 g/mol. The number of phenols is 1. The number of benzene rings is 2. The molecule has 0 radical (unpaired) electrons. The minimum atomic E-state index is -3.05. The first-order chi connectivity index (χ1) is 32.7. The van der Waals surface area contributed by atoms with Crippen molar-refractivity contribution in [3.05, 3.63) is 84.2 Å². The number of likely N-dealkylation sites (tertiary alicyclic amines) is 1. The average Bonchev–Trinajstić information content (AvgIpc) is 3.92. The van der Waals surface area contributed by atoms with Crippen LogP contribution in [0.25, 0.3) is 27.6 Å². The molecule has 15 nitrogen and oxygen atoms in total. The monoisotopic (exact) mass is 956 g/mol. The minimum Gasteiger partial charge on any atom is -0.508 e. The highest BCUT2D eigenvalue weighted by Crippen LogP contribution is 2.41. The van der Waals surface area contributed by atoms with Gasteiger partial charge in [0, 0.05) is 67.8 Å². The van der Waals surface area contributed by atoms with Gasteiger partial charge in [-0.15, -0.1) is 0 Å². The molecule has 2 saturated heterocycles. The molecule has 3 aliphatic rings. The molecule has 0 spiro atoms. The van der Waals surface area contributed by atoms with Crippen LogP contribution in [-0.4, -0.2) is 124 Å². The van der Waals surface area contributed by atoms with Gasteiger partial charge in [0.05, 0.1) is 23.9 Å². The number of aromatic hydroxyl groups is 1. The van der Waals surface area contributed by atoms with Crippen LogP contribution >= 0.6 is 0 Å². The van der Waals surface area contributed by atoms with E-state index in [1.54, 1.807) is 31.0 Å². The zero-order valence-electron chi connectivity index (χ0n) is 41.0. The van der Waals surface area contributed by atoms with E-state index in [1.807, 2.05) is 58.9 Å². The van der Waals surface area contributed by atoms with Crippen LogP contribution in [0.2, 0.25) is 0 Å². The Bertz CT molecular complexity index is 2530. The average molecular weight is 956 g/mol. The largest absolute Gasteiger partial charge is 0.508 e. The van der Waals surface area contributed by atoms with Crippen LogP contribution in [0.4, 0.5) is 8.78 Å². The fraction of sp³-hybridized carbons (Fsp3) is 0.500. The first-order valence-electron chi connectivity index (χ1n) is 23.7. The van der Waals surface area contributed by atoms with Crippen LogP contribution in [0.5, 0.6) is 5.75 Å². The Morgan fingerprint density at radius 3 is 2.46 bits per heavy atom. The van der Waals surface area contributed by atoms with Crippen LogP contribution in [0.1, 0.15) is 84.5 Å². The zero-order chi connectivity index (χ0) is 50.5. The maximum Gasteiger partial charge on any atom is 0.345 e. The number of cyclic esters (lactones) is 1. The summed E-state index contributed by atoms with van der Waals surface area (Å²) in [4.78, 5) is 76.9. The summed E-state index contributed by atoms with van der Waals surface area (Å²) >= 11 is 0. The van der Waals surface area contributed by atoms with Gasteiger partial charge in [0.2, 0.25) is 17.7 Å². The predicted molar refractivity (Wildman–Crippen MR) is 261 cm³/mol. The van der Waals surface area contributed by atoms with Crippen molar-refractivity contribution in [3.8, 4) is 16.9 Å². The number of hydrazine groups is 1. The number of allylic oxidation sites excluding steroid dienone is 2. The van der Waals surface area contributed by atoms with Crippen LogP contribution < -0.4 is 10.7 Å². The SMILES string of the molecule is C=CC(=O)N1CCC(C(=O)N(C)[C@H](C(=O)N[C@H]2Cc3cc(O)cc(c3)-c3ccc4c(c3)c(c(/C(C=C)=C(/N=C\C)[C@H](C)OC(F)F)n4CC)CC(C)(C)COC(=O)[C@@H]3CCCN(N3)C2=O)C(C)C)C1. The molecule has 5 atom stereocenters. The third-order valence-electron chi connectivity index (χ3n) is 13.2. The number of hydrogen-bond donors (Lipinski definition) is 3. The Hall–Kier alpha value is -6.20. The van der Waals surface area contributed by atoms with Crippen LogP contribution in [0, 0.1) is 17.3 Å². The smallest absolute Gasteiger partial charge is 0.345 e. The maximum absolute atomic E-state index is 14.7. The summed E-state index contributed by atoms with van der Waals surface area (Å²) in [5, 5.41) is 16.4. The van der Waals surface area contributed by atoms with E-state index in [0.29, 0.717) is 66.7 Å². The Balaban J connectivity index is 1.47. The van der Waals surface area contributed by atoms with E-state index in [1.165, 1.54) is 35.2 Å². The molecule has 2 aromatic carbocycles. The molecular formula is C52H67F2N7O8. The van der Waals surface area contributed by atoms with Gasteiger partial charge in [-0.1, -0.05) is 59.1 Å². The van der Waals surface area contributed by atoms with Crippen molar-refractivity contribution >= 4 is 52.3 Å². The Labute approximate surface area is 403 Å². The minimum absolute atomic E-state index is 0.0191. The number of likely N-dealkylation sites (N-methyl/N-ethyl adjacent to an activating group) is 1. The van der Waals surface area contributed by atoms with E-state index in [-0.39, 0.29) is 55.3 Å². The summed E-state index contributed by atoms with van der Waals surface area (Å²) in [5.41, 5.74) is 7.31. The van der Waals surface area contributed by atoms with E-state index in [4.69, 9.17) is 9.47 Å². The van der Waals surface area contributed by atoms with Crippen LogP contribution in [0.3, 0.4) is 0 Å². The van der Waals surface area contributed by atoms with Gasteiger partial charge in [0.15, 0.2) is 0 Å². The molecule has 4 heterocycles. The number of phenolic OH excluding ortho intramolecular Hbond substituents is 1. The summed E-state index contributed by atoms with van der Waals surface area (Å²) in [6.45, 7) is 18.6. The summed E-state index contributed by atoms with van der Waals surface area (Å²) in [6.07, 6.45) is 4.75. The number of carbonyl (C=O) groups is 5. The number of aryl methyl sites for hydroxylation is 1. The number of nitrogens with one attached hydrogen (secondary N) is 2. The number of esters is 1. The lowest BCUT2D eigenvalue weighted by Gasteiger charge is -2.37. The highest BCUT2D eigenvalue weighted by Gasteiger charge is 2.40. The number of ether oxygens (including phenoxy) is 2. The first-order valence-corrected chi connectivity index (χ1v) is 23.7. The van der Waals surface area contributed by atoms with E-state index >= 15 is 0 Å². The van der Waals surface area contributed by atoms with Gasteiger partial charge in [-0.05, 0) is 105 Å². The maximum atomic E-state index is 14.7. The molecule has 17 heteroatoms. The van der Waals surface area contributed by atoms with Crippen LogP contribution in [0.15, 0.2) is 72.4 Å². The molecule has 4 amide bonds. The summed E-state index contributed by atoms with van der Waals surface area (Å²) in [6, 6.07) is 7.74. The number of alkyl halides is 2. The molecule has 3 aliphatic heterocycles. The number of nitrogens with zero attached hydrogens (tertiary/aromatic N) is 5. The molecule has 2 fully saturated rings. The van der Waals surface area contributed by atoms with Gasteiger partial charge in [0.1, 0.15) is 30.0 Å². The number of amides is 4. The van der Waals surface area contributed by atoms with Gasteiger partial charge in [-0.3, -0.25) is 34.0 Å². The van der Waals surface area contributed by atoms with Crippen molar-refractivity contribution in [2.45, 2.75) is 118 Å². The van der Waals surface area contributed by atoms with Crippen molar-refractivity contribution < 1.29 is 47.3 Å². The van der Waals surface area contributed by atoms with Crippen molar-refractivity contribution in [2.24, 2.45) is 22.2 Å².